The van der Waals surface area contributed by atoms with E-state index in [-0.39, 0.29) is 10.8 Å². The average Bonchev–Trinajstić information content (AvgIpc) is 3.44. The summed E-state index contributed by atoms with van der Waals surface area (Å²) in [6.07, 6.45) is 7.57. The molecule has 1 aliphatic heterocycles. The van der Waals surface area contributed by atoms with E-state index in [4.69, 9.17) is 5.73 Å². The number of hydrogen-bond acceptors (Lipinski definition) is 7. The Morgan fingerprint density at radius 3 is 2.54 bits per heavy atom. The van der Waals surface area contributed by atoms with Crippen molar-refractivity contribution in [3.05, 3.63) is 97.0 Å². The highest BCUT2D eigenvalue weighted by Crippen LogP contribution is 2.31. The lowest BCUT2D eigenvalue weighted by Crippen LogP contribution is -2.44. The van der Waals surface area contributed by atoms with Crippen molar-refractivity contribution in [1.82, 2.24) is 13.9 Å². The second-order valence-electron chi connectivity index (χ2n) is 9.38. The summed E-state index contributed by atoms with van der Waals surface area (Å²) >= 11 is 0. The molecule has 1 amide bonds. The number of hydrogen-bond donors (Lipinski definition) is 2. The summed E-state index contributed by atoms with van der Waals surface area (Å²) in [6, 6.07) is 19.3. The van der Waals surface area contributed by atoms with E-state index >= 15 is 0 Å². The number of para-hydroxylation sites is 2. The molecule has 0 aliphatic carbocycles. The minimum Gasteiger partial charge on any atom is -0.397 e. The van der Waals surface area contributed by atoms with Crippen molar-refractivity contribution in [3.63, 3.8) is 0 Å². The summed E-state index contributed by atoms with van der Waals surface area (Å²) in [5.74, 6) is 0.458. The Hall–Kier alpha value is -4.41. The lowest BCUT2D eigenvalue weighted by Gasteiger charge is -2.33. The normalized spacial score (nSPS) is 14.5. The number of amides is 1. The molecule has 0 radical (unpaired) electrons. The number of carbonyl (C=O) groups is 1. The van der Waals surface area contributed by atoms with Gasteiger partial charge in [-0.3, -0.25) is 4.79 Å². The lowest BCUT2D eigenvalue weighted by atomic mass is 10.1. The van der Waals surface area contributed by atoms with Crippen molar-refractivity contribution in [2.75, 3.05) is 49.2 Å². The molecule has 2 aromatic carbocycles. The van der Waals surface area contributed by atoms with Crippen LogP contribution in [0, 0.1) is 0 Å². The van der Waals surface area contributed by atoms with Crippen LogP contribution in [0.5, 0.6) is 0 Å². The largest absolute Gasteiger partial charge is 0.397 e. The van der Waals surface area contributed by atoms with Gasteiger partial charge >= 0.3 is 0 Å². The number of nitrogens with two attached hydrogens (primary N) is 1. The van der Waals surface area contributed by atoms with E-state index in [0.717, 1.165) is 37.6 Å². The molecule has 0 spiro atoms. The molecule has 1 fully saturated rings. The van der Waals surface area contributed by atoms with E-state index in [0.29, 0.717) is 22.5 Å². The van der Waals surface area contributed by atoms with E-state index in [9.17, 15) is 13.2 Å². The molecule has 0 bridgehead atoms. The fourth-order valence-corrected chi connectivity index (χ4v) is 5.86. The van der Waals surface area contributed by atoms with Gasteiger partial charge in [-0.25, -0.2) is 17.4 Å². The number of nitrogens with zero attached hydrogens (tertiary/aromatic N) is 4. The standard InChI is InChI=1S/C29H30N6O3S/c1-33-16-18-34(19-17-33)28-20-23(12-14-31-28)24-6-2-5-9-27(24)39(37,38)35-15-13-22(21-35)10-11-29(36)32-26-8-4-3-7-25(26)30/h2-15,20-21H,16-19,30H2,1H3,(H,32,36)/b11-10+. The molecular weight excluding hydrogens is 512 g/mol. The number of rotatable bonds is 7. The molecule has 1 saturated heterocycles. The van der Waals surface area contributed by atoms with Crippen molar-refractivity contribution in [2.45, 2.75) is 4.90 Å². The maximum atomic E-state index is 13.7. The van der Waals surface area contributed by atoms with E-state index in [2.05, 4.69) is 27.1 Å². The molecular formula is C29H30N6O3S. The maximum absolute atomic E-state index is 13.7. The Balaban J connectivity index is 1.37. The zero-order chi connectivity index (χ0) is 27.4. The molecule has 0 saturated carbocycles. The number of aromatic nitrogens is 2. The molecule has 1 aliphatic rings. The number of benzene rings is 2. The van der Waals surface area contributed by atoms with Crippen LogP contribution in [0.1, 0.15) is 5.56 Å². The number of piperazine rings is 1. The highest BCUT2D eigenvalue weighted by Gasteiger charge is 2.22. The van der Waals surface area contributed by atoms with Gasteiger partial charge in [0.25, 0.3) is 10.0 Å². The predicted molar refractivity (Wildman–Crippen MR) is 155 cm³/mol. The summed E-state index contributed by atoms with van der Waals surface area (Å²) < 4.78 is 28.6. The van der Waals surface area contributed by atoms with Gasteiger partial charge < -0.3 is 20.9 Å². The molecule has 0 atom stereocenters. The van der Waals surface area contributed by atoms with Gasteiger partial charge in [0.15, 0.2) is 0 Å². The zero-order valence-electron chi connectivity index (χ0n) is 21.6. The molecule has 3 heterocycles. The molecule has 4 aromatic rings. The van der Waals surface area contributed by atoms with Crippen LogP contribution >= 0.6 is 0 Å². The fraction of sp³-hybridized carbons (Fsp3) is 0.172. The van der Waals surface area contributed by atoms with Gasteiger partial charge in [0, 0.05) is 56.4 Å². The Morgan fingerprint density at radius 1 is 1.00 bits per heavy atom. The van der Waals surface area contributed by atoms with E-state index in [1.807, 2.05) is 18.2 Å². The Labute approximate surface area is 228 Å². The van der Waals surface area contributed by atoms with Gasteiger partial charge in [-0.05, 0) is 60.6 Å². The van der Waals surface area contributed by atoms with Crippen LogP contribution in [-0.2, 0) is 14.8 Å². The first-order valence-corrected chi connectivity index (χ1v) is 14.0. The summed E-state index contributed by atoms with van der Waals surface area (Å²) in [5, 5.41) is 2.71. The molecule has 3 N–H and O–H groups in total. The molecule has 10 heteroatoms. The highest BCUT2D eigenvalue weighted by atomic mass is 32.2. The quantitative estimate of drug-likeness (QED) is 0.270. The van der Waals surface area contributed by atoms with E-state index in [1.165, 1.54) is 22.4 Å². The van der Waals surface area contributed by atoms with Gasteiger partial charge in [0.2, 0.25) is 5.91 Å². The third kappa shape index (κ3) is 5.87. The summed E-state index contributed by atoms with van der Waals surface area (Å²) in [7, 11) is -1.81. The average molecular weight is 543 g/mol. The number of likely N-dealkylation sites (N-methyl/N-ethyl adjacent to an activating group) is 1. The van der Waals surface area contributed by atoms with Crippen LogP contribution < -0.4 is 16.0 Å². The minimum atomic E-state index is -3.91. The first-order chi connectivity index (χ1) is 18.8. The molecule has 200 valence electrons. The van der Waals surface area contributed by atoms with Crippen molar-refractivity contribution >= 4 is 39.2 Å². The number of nitrogens with one attached hydrogen (secondary N) is 1. The second-order valence-corrected chi connectivity index (χ2v) is 11.2. The summed E-state index contributed by atoms with van der Waals surface area (Å²) in [4.78, 5) is 21.5. The van der Waals surface area contributed by atoms with Gasteiger partial charge in [-0.1, -0.05) is 30.3 Å². The topological polar surface area (TPSA) is 114 Å². The third-order valence-electron chi connectivity index (χ3n) is 6.66. The van der Waals surface area contributed by atoms with Crippen molar-refractivity contribution < 1.29 is 13.2 Å². The Bertz CT molecular complexity index is 1620. The van der Waals surface area contributed by atoms with Crippen molar-refractivity contribution in [2.24, 2.45) is 0 Å². The number of nitrogen functional groups attached to an aromatic ring is 1. The smallest absolute Gasteiger partial charge is 0.268 e. The van der Waals surface area contributed by atoms with E-state index in [1.54, 1.807) is 60.8 Å². The van der Waals surface area contributed by atoms with Crippen LogP contribution in [0.3, 0.4) is 0 Å². The van der Waals surface area contributed by atoms with Crippen molar-refractivity contribution in [3.8, 4) is 11.1 Å². The predicted octanol–water partition coefficient (Wildman–Crippen LogP) is 3.77. The SMILES string of the molecule is CN1CCN(c2cc(-c3ccccc3S(=O)(=O)n3ccc(/C=C/C(=O)Nc4ccccc4N)c3)ccn2)CC1. The third-order valence-corrected chi connectivity index (χ3v) is 8.36. The van der Waals surface area contributed by atoms with Gasteiger partial charge in [0.1, 0.15) is 5.82 Å². The number of carbonyl (C=O) groups excluding carboxylic acids is 1. The van der Waals surface area contributed by atoms with Crippen LogP contribution in [0.2, 0.25) is 0 Å². The molecule has 0 unspecified atom stereocenters. The molecule has 39 heavy (non-hydrogen) atoms. The highest BCUT2D eigenvalue weighted by molar-refractivity contribution is 7.90. The van der Waals surface area contributed by atoms with Crippen LogP contribution in [0.15, 0.2) is 96.3 Å². The van der Waals surface area contributed by atoms with Crippen LogP contribution in [-0.4, -0.2) is 61.4 Å². The molecule has 5 rings (SSSR count). The number of anilines is 3. The number of pyridine rings is 1. The lowest BCUT2D eigenvalue weighted by molar-refractivity contribution is -0.111. The summed E-state index contributed by atoms with van der Waals surface area (Å²) in [6.45, 7) is 3.62. The Morgan fingerprint density at radius 2 is 1.74 bits per heavy atom. The summed E-state index contributed by atoms with van der Waals surface area (Å²) in [5.41, 5.74) is 8.78. The van der Waals surface area contributed by atoms with Gasteiger partial charge in [-0.2, -0.15) is 0 Å². The van der Waals surface area contributed by atoms with Gasteiger partial charge in [0.05, 0.1) is 16.3 Å². The molecule has 9 nitrogen and oxygen atoms in total. The van der Waals surface area contributed by atoms with Crippen LogP contribution in [0.4, 0.5) is 17.2 Å². The monoisotopic (exact) mass is 542 g/mol. The Kier molecular flexibility index (Phi) is 7.49. The minimum absolute atomic E-state index is 0.184. The van der Waals surface area contributed by atoms with E-state index < -0.39 is 10.0 Å². The molecule has 2 aromatic heterocycles. The first kappa shape index (κ1) is 26.2. The van der Waals surface area contributed by atoms with Crippen molar-refractivity contribution in [1.29, 1.82) is 0 Å². The zero-order valence-corrected chi connectivity index (χ0v) is 22.4. The second kappa shape index (κ2) is 11.1. The van der Waals surface area contributed by atoms with Gasteiger partial charge in [-0.15, -0.1) is 0 Å². The first-order valence-electron chi connectivity index (χ1n) is 12.6. The maximum Gasteiger partial charge on any atom is 0.268 e. The van der Waals surface area contributed by atoms with Crippen LogP contribution in [0.25, 0.3) is 17.2 Å². The fourth-order valence-electron chi connectivity index (χ4n) is 4.44.